The molecule has 106 valence electrons. The Balaban J connectivity index is 1.94. The maximum Gasteiger partial charge on any atom is 0.222 e. The molecule has 0 atom stereocenters. The number of rotatable bonds is 3. The highest BCUT2D eigenvalue weighted by Gasteiger charge is 2.07. The fraction of sp³-hybridized carbons (Fsp3) is 0.0667. The summed E-state index contributed by atoms with van der Waals surface area (Å²) in [6, 6.07) is 8.26. The van der Waals surface area contributed by atoms with Gasteiger partial charge in [-0.3, -0.25) is 0 Å². The molecule has 0 spiro atoms. The minimum atomic E-state index is -0.753. The number of ether oxygens (including phenoxy) is 1. The van der Waals surface area contributed by atoms with Crippen molar-refractivity contribution in [2.45, 2.75) is 0 Å². The summed E-state index contributed by atoms with van der Waals surface area (Å²) >= 11 is 0. The summed E-state index contributed by atoms with van der Waals surface area (Å²) in [7, 11) is 1.73. The summed E-state index contributed by atoms with van der Waals surface area (Å²) in [6.45, 7) is 0. The van der Waals surface area contributed by atoms with Crippen LogP contribution in [-0.4, -0.2) is 17.0 Å². The van der Waals surface area contributed by atoms with E-state index in [0.29, 0.717) is 11.7 Å². The van der Waals surface area contributed by atoms with Crippen molar-refractivity contribution in [1.29, 1.82) is 0 Å². The van der Waals surface area contributed by atoms with E-state index >= 15 is 0 Å². The van der Waals surface area contributed by atoms with E-state index in [1.54, 1.807) is 31.4 Å². The van der Waals surface area contributed by atoms with Crippen LogP contribution in [-0.2, 0) is 0 Å². The molecule has 0 aliphatic carbocycles. The lowest BCUT2D eigenvalue weighted by Gasteiger charge is -2.08. The van der Waals surface area contributed by atoms with Gasteiger partial charge in [-0.1, -0.05) is 0 Å². The Bertz CT molecular complexity index is 808. The minimum Gasteiger partial charge on any atom is -0.454 e. The SMILES string of the molecule is CNc1ncc2cc(Oc3ccc(F)cc3F)ccc2n1. The molecule has 4 nitrogen and oxygen atoms in total. The fourth-order valence-corrected chi connectivity index (χ4v) is 1.88. The second-order valence-electron chi connectivity index (χ2n) is 4.34. The molecule has 1 heterocycles. The van der Waals surface area contributed by atoms with Gasteiger partial charge < -0.3 is 10.1 Å². The zero-order valence-electron chi connectivity index (χ0n) is 11.1. The molecule has 0 amide bonds. The van der Waals surface area contributed by atoms with Gasteiger partial charge in [-0.25, -0.2) is 18.7 Å². The average molecular weight is 287 g/mol. The molecule has 0 unspecified atom stereocenters. The second kappa shape index (κ2) is 5.32. The highest BCUT2D eigenvalue weighted by Crippen LogP contribution is 2.27. The van der Waals surface area contributed by atoms with Gasteiger partial charge in [0.15, 0.2) is 11.6 Å². The van der Waals surface area contributed by atoms with E-state index in [1.165, 1.54) is 6.07 Å². The Labute approximate surface area is 119 Å². The molecule has 1 N–H and O–H groups in total. The molecule has 1 aromatic heterocycles. The number of fused-ring (bicyclic) bond motifs is 1. The van der Waals surface area contributed by atoms with Crippen molar-refractivity contribution in [3.63, 3.8) is 0 Å². The molecular formula is C15H11F2N3O. The zero-order valence-corrected chi connectivity index (χ0v) is 11.1. The van der Waals surface area contributed by atoms with E-state index in [9.17, 15) is 8.78 Å². The van der Waals surface area contributed by atoms with Gasteiger partial charge in [-0.15, -0.1) is 0 Å². The van der Waals surface area contributed by atoms with Gasteiger partial charge in [0.2, 0.25) is 5.95 Å². The van der Waals surface area contributed by atoms with E-state index in [1.807, 2.05) is 0 Å². The molecule has 0 radical (unpaired) electrons. The largest absolute Gasteiger partial charge is 0.454 e. The van der Waals surface area contributed by atoms with Crippen LogP contribution in [0, 0.1) is 11.6 Å². The molecule has 0 aliphatic rings. The Morgan fingerprint density at radius 3 is 2.71 bits per heavy atom. The third-order valence-corrected chi connectivity index (χ3v) is 2.90. The normalized spacial score (nSPS) is 10.6. The second-order valence-corrected chi connectivity index (χ2v) is 4.34. The number of nitrogens with zero attached hydrogens (tertiary/aromatic N) is 2. The third kappa shape index (κ3) is 2.74. The molecule has 2 aromatic carbocycles. The number of hydrogen-bond acceptors (Lipinski definition) is 4. The first-order chi connectivity index (χ1) is 10.2. The molecule has 21 heavy (non-hydrogen) atoms. The van der Waals surface area contributed by atoms with Crippen molar-refractivity contribution >= 4 is 16.9 Å². The van der Waals surface area contributed by atoms with E-state index < -0.39 is 11.6 Å². The van der Waals surface area contributed by atoms with Crippen LogP contribution in [0.3, 0.4) is 0 Å². The topological polar surface area (TPSA) is 47.0 Å². The average Bonchev–Trinajstić information content (AvgIpc) is 2.49. The third-order valence-electron chi connectivity index (χ3n) is 2.90. The number of halogens is 2. The molecule has 0 aliphatic heterocycles. The lowest BCUT2D eigenvalue weighted by Crippen LogP contribution is -1.96. The van der Waals surface area contributed by atoms with Crippen LogP contribution >= 0.6 is 0 Å². The van der Waals surface area contributed by atoms with Crippen LogP contribution in [0.4, 0.5) is 14.7 Å². The van der Waals surface area contributed by atoms with Gasteiger partial charge in [-0.2, -0.15) is 0 Å². The highest BCUT2D eigenvalue weighted by molar-refractivity contribution is 5.80. The molecule has 3 aromatic rings. The van der Waals surface area contributed by atoms with E-state index in [2.05, 4.69) is 15.3 Å². The Hall–Kier alpha value is -2.76. The standard InChI is InChI=1S/C15H11F2N3O/c1-18-15-19-8-9-6-11(3-4-13(9)20-15)21-14-5-2-10(16)7-12(14)17/h2-8H,1H3,(H,18,19,20). The molecule has 0 bridgehead atoms. The number of nitrogens with one attached hydrogen (secondary N) is 1. The van der Waals surface area contributed by atoms with Crippen molar-refractivity contribution in [1.82, 2.24) is 9.97 Å². The van der Waals surface area contributed by atoms with E-state index in [-0.39, 0.29) is 5.75 Å². The van der Waals surface area contributed by atoms with Crippen LogP contribution in [0.1, 0.15) is 0 Å². The first-order valence-electron chi connectivity index (χ1n) is 6.23. The number of anilines is 1. The fourth-order valence-electron chi connectivity index (χ4n) is 1.88. The summed E-state index contributed by atoms with van der Waals surface area (Å²) in [5.74, 6) is -0.499. The maximum absolute atomic E-state index is 13.6. The van der Waals surface area contributed by atoms with Crippen molar-refractivity contribution in [2.75, 3.05) is 12.4 Å². The van der Waals surface area contributed by atoms with Crippen molar-refractivity contribution in [3.8, 4) is 11.5 Å². The van der Waals surface area contributed by atoms with Crippen molar-refractivity contribution in [2.24, 2.45) is 0 Å². The number of hydrogen-bond donors (Lipinski definition) is 1. The van der Waals surface area contributed by atoms with Crippen molar-refractivity contribution < 1.29 is 13.5 Å². The van der Waals surface area contributed by atoms with Gasteiger partial charge in [0, 0.05) is 24.7 Å². The molecule has 3 rings (SSSR count). The van der Waals surface area contributed by atoms with Crippen LogP contribution in [0.2, 0.25) is 0 Å². The summed E-state index contributed by atoms with van der Waals surface area (Å²) in [6.07, 6.45) is 1.64. The quantitative estimate of drug-likeness (QED) is 0.797. The van der Waals surface area contributed by atoms with Gasteiger partial charge in [0.1, 0.15) is 11.6 Å². The van der Waals surface area contributed by atoms with Crippen LogP contribution in [0.25, 0.3) is 10.9 Å². The molecule has 0 fully saturated rings. The maximum atomic E-state index is 13.6. The van der Waals surface area contributed by atoms with E-state index in [0.717, 1.165) is 23.0 Å². The van der Waals surface area contributed by atoms with Gasteiger partial charge >= 0.3 is 0 Å². The lowest BCUT2D eigenvalue weighted by atomic mass is 10.2. The summed E-state index contributed by atoms with van der Waals surface area (Å²) in [4.78, 5) is 8.37. The zero-order chi connectivity index (χ0) is 14.8. The minimum absolute atomic E-state index is 0.0384. The predicted octanol–water partition coefficient (Wildman–Crippen LogP) is 3.74. The molecular weight excluding hydrogens is 276 g/mol. The van der Waals surface area contributed by atoms with Gasteiger partial charge in [0.25, 0.3) is 0 Å². The Kier molecular flexibility index (Phi) is 3.35. The summed E-state index contributed by atoms with van der Waals surface area (Å²) < 4.78 is 31.8. The van der Waals surface area contributed by atoms with Crippen LogP contribution < -0.4 is 10.1 Å². The molecule has 6 heteroatoms. The Morgan fingerprint density at radius 2 is 1.95 bits per heavy atom. The predicted molar refractivity (Wildman–Crippen MR) is 75.5 cm³/mol. The van der Waals surface area contributed by atoms with Gasteiger partial charge in [-0.05, 0) is 30.3 Å². The van der Waals surface area contributed by atoms with Crippen molar-refractivity contribution in [3.05, 3.63) is 54.2 Å². The molecule has 0 saturated carbocycles. The first kappa shape index (κ1) is 13.2. The van der Waals surface area contributed by atoms with Crippen LogP contribution in [0.15, 0.2) is 42.6 Å². The number of aromatic nitrogens is 2. The van der Waals surface area contributed by atoms with Gasteiger partial charge in [0.05, 0.1) is 5.52 Å². The smallest absolute Gasteiger partial charge is 0.222 e. The lowest BCUT2D eigenvalue weighted by molar-refractivity contribution is 0.438. The summed E-state index contributed by atoms with van der Waals surface area (Å²) in [5, 5.41) is 3.61. The first-order valence-corrected chi connectivity index (χ1v) is 6.23. The summed E-state index contributed by atoms with van der Waals surface area (Å²) in [5.41, 5.74) is 0.737. The van der Waals surface area contributed by atoms with E-state index in [4.69, 9.17) is 4.74 Å². The Morgan fingerprint density at radius 1 is 1.10 bits per heavy atom. The monoisotopic (exact) mass is 287 g/mol. The van der Waals surface area contributed by atoms with Crippen LogP contribution in [0.5, 0.6) is 11.5 Å². The molecule has 0 saturated heterocycles. The number of benzene rings is 2. The highest BCUT2D eigenvalue weighted by atomic mass is 19.1.